The molecule has 1 aromatic heterocycles. The summed E-state index contributed by atoms with van der Waals surface area (Å²) < 4.78 is 5.00. The first-order chi connectivity index (χ1) is 8.19. The van der Waals surface area contributed by atoms with Gasteiger partial charge in [0.15, 0.2) is 0 Å². The Balaban J connectivity index is 2.11. The average Bonchev–Trinajstić information content (AvgIpc) is 2.77. The molecule has 88 valence electrons. The van der Waals surface area contributed by atoms with Crippen LogP contribution in [-0.2, 0) is 0 Å². The highest BCUT2D eigenvalue weighted by molar-refractivity contribution is 7.12. The monoisotopic (exact) mass is 249 g/mol. The highest BCUT2D eigenvalue weighted by Crippen LogP contribution is 2.23. The van der Waals surface area contributed by atoms with Crippen molar-refractivity contribution >= 4 is 22.9 Å². The van der Waals surface area contributed by atoms with Gasteiger partial charge >= 0.3 is 0 Å². The van der Waals surface area contributed by atoms with Crippen LogP contribution in [0.5, 0.6) is 11.5 Å². The van der Waals surface area contributed by atoms with Crippen LogP contribution in [0.25, 0.3) is 0 Å². The van der Waals surface area contributed by atoms with Gasteiger partial charge in [0, 0.05) is 23.2 Å². The Hall–Kier alpha value is -2.01. The number of thiophene rings is 1. The zero-order valence-electron chi connectivity index (χ0n) is 9.14. The Morgan fingerprint density at radius 1 is 1.41 bits per heavy atom. The van der Waals surface area contributed by atoms with Crippen molar-refractivity contribution in [3.05, 3.63) is 40.6 Å². The Morgan fingerprint density at radius 2 is 2.24 bits per heavy atom. The summed E-state index contributed by atoms with van der Waals surface area (Å²) in [5.74, 6) is 0.562. The fraction of sp³-hybridized carbons (Fsp3) is 0.0833. The number of phenols is 1. The van der Waals surface area contributed by atoms with E-state index in [4.69, 9.17) is 4.74 Å². The summed E-state index contributed by atoms with van der Waals surface area (Å²) in [4.78, 5) is 12.4. The maximum atomic E-state index is 11.8. The maximum absolute atomic E-state index is 11.8. The van der Waals surface area contributed by atoms with Gasteiger partial charge in [-0.15, -0.1) is 11.3 Å². The average molecular weight is 249 g/mol. The number of phenolic OH excluding ortho intramolecular Hbond substituents is 1. The van der Waals surface area contributed by atoms with Gasteiger partial charge in [-0.2, -0.15) is 0 Å². The highest BCUT2D eigenvalue weighted by Gasteiger charge is 2.09. The van der Waals surface area contributed by atoms with Crippen LogP contribution in [0.2, 0.25) is 0 Å². The Labute approximate surface area is 102 Å². The van der Waals surface area contributed by atoms with Gasteiger partial charge in [-0.1, -0.05) is 6.07 Å². The van der Waals surface area contributed by atoms with Gasteiger partial charge in [-0.3, -0.25) is 4.79 Å². The number of benzene rings is 1. The third-order valence-corrected chi connectivity index (χ3v) is 3.05. The zero-order chi connectivity index (χ0) is 12.3. The van der Waals surface area contributed by atoms with E-state index in [1.165, 1.54) is 17.4 Å². The number of carbonyl (C=O) groups excluding carboxylic acids is 1. The number of ether oxygens (including phenoxy) is 1. The number of aromatic hydroxyl groups is 1. The molecule has 1 heterocycles. The molecule has 0 saturated heterocycles. The smallest absolute Gasteiger partial charge is 0.265 e. The standard InChI is InChI=1S/C12H11NO3S/c1-16-10-6-11(17-7-10)12(15)13-8-3-2-4-9(14)5-8/h2-7,14H,1H3,(H,13,15). The summed E-state index contributed by atoms with van der Waals surface area (Å²) in [7, 11) is 1.55. The van der Waals surface area contributed by atoms with E-state index < -0.39 is 0 Å². The molecule has 1 aromatic carbocycles. The first kappa shape index (κ1) is 11.5. The number of rotatable bonds is 3. The highest BCUT2D eigenvalue weighted by atomic mass is 32.1. The summed E-state index contributed by atoms with van der Waals surface area (Å²) >= 11 is 1.31. The van der Waals surface area contributed by atoms with Crippen molar-refractivity contribution in [1.82, 2.24) is 0 Å². The molecule has 2 aromatic rings. The van der Waals surface area contributed by atoms with E-state index in [1.807, 2.05) is 0 Å². The van der Waals surface area contributed by atoms with Gasteiger partial charge < -0.3 is 15.2 Å². The molecule has 0 radical (unpaired) electrons. The molecule has 2 N–H and O–H groups in total. The first-order valence-electron chi connectivity index (χ1n) is 4.92. The van der Waals surface area contributed by atoms with Crippen molar-refractivity contribution in [3.8, 4) is 11.5 Å². The number of nitrogens with one attached hydrogen (secondary N) is 1. The SMILES string of the molecule is COc1csc(C(=O)Nc2cccc(O)c2)c1. The lowest BCUT2D eigenvalue weighted by atomic mass is 10.3. The molecule has 17 heavy (non-hydrogen) atoms. The van der Waals surface area contributed by atoms with E-state index >= 15 is 0 Å². The van der Waals surface area contributed by atoms with Crippen LogP contribution in [0.1, 0.15) is 9.67 Å². The Kier molecular flexibility index (Phi) is 3.30. The quantitative estimate of drug-likeness (QED) is 0.879. The number of hydrogen-bond donors (Lipinski definition) is 2. The molecule has 0 spiro atoms. The molecule has 0 aliphatic carbocycles. The molecule has 0 bridgehead atoms. The topological polar surface area (TPSA) is 58.6 Å². The zero-order valence-corrected chi connectivity index (χ0v) is 9.95. The van der Waals surface area contributed by atoms with E-state index in [2.05, 4.69) is 5.32 Å². The molecule has 0 aliphatic rings. The summed E-state index contributed by atoms with van der Waals surface area (Å²) in [6, 6.07) is 8.08. The Bertz CT molecular complexity index is 536. The second kappa shape index (κ2) is 4.88. The number of methoxy groups -OCH3 is 1. The lowest BCUT2D eigenvalue weighted by Crippen LogP contribution is -2.09. The minimum Gasteiger partial charge on any atom is -0.508 e. The number of carbonyl (C=O) groups is 1. The van der Waals surface area contributed by atoms with Crippen LogP contribution in [-0.4, -0.2) is 18.1 Å². The van der Waals surface area contributed by atoms with Crippen molar-refractivity contribution in [2.24, 2.45) is 0 Å². The van der Waals surface area contributed by atoms with Gasteiger partial charge in [0.25, 0.3) is 5.91 Å². The van der Waals surface area contributed by atoms with Gasteiger partial charge in [0.1, 0.15) is 11.5 Å². The van der Waals surface area contributed by atoms with Gasteiger partial charge in [0.05, 0.1) is 12.0 Å². The van der Waals surface area contributed by atoms with Crippen molar-refractivity contribution in [3.63, 3.8) is 0 Å². The second-order valence-electron chi connectivity index (χ2n) is 3.36. The minimum atomic E-state index is -0.219. The molecule has 0 aliphatic heterocycles. The number of anilines is 1. The molecule has 0 atom stereocenters. The largest absolute Gasteiger partial charge is 0.508 e. The minimum absolute atomic E-state index is 0.117. The van der Waals surface area contributed by atoms with Crippen LogP contribution in [0.3, 0.4) is 0 Å². The molecular formula is C12H11NO3S. The predicted octanol–water partition coefficient (Wildman–Crippen LogP) is 2.71. The van der Waals surface area contributed by atoms with Gasteiger partial charge in [-0.05, 0) is 12.1 Å². The van der Waals surface area contributed by atoms with Crippen molar-refractivity contribution in [2.45, 2.75) is 0 Å². The lowest BCUT2D eigenvalue weighted by molar-refractivity contribution is 0.103. The van der Waals surface area contributed by atoms with Crippen LogP contribution < -0.4 is 10.1 Å². The molecule has 0 saturated carbocycles. The van der Waals surface area contributed by atoms with E-state index in [-0.39, 0.29) is 11.7 Å². The molecule has 0 fully saturated rings. The second-order valence-corrected chi connectivity index (χ2v) is 4.27. The number of amides is 1. The van der Waals surface area contributed by atoms with E-state index in [0.717, 1.165) is 0 Å². The normalized spacial score (nSPS) is 9.94. The molecule has 4 nitrogen and oxygen atoms in total. The lowest BCUT2D eigenvalue weighted by Gasteiger charge is -2.03. The van der Waals surface area contributed by atoms with Crippen molar-refractivity contribution < 1.29 is 14.6 Å². The van der Waals surface area contributed by atoms with E-state index in [1.54, 1.807) is 36.8 Å². The van der Waals surface area contributed by atoms with Crippen LogP contribution in [0.4, 0.5) is 5.69 Å². The molecule has 0 unspecified atom stereocenters. The number of hydrogen-bond acceptors (Lipinski definition) is 4. The van der Waals surface area contributed by atoms with Crippen LogP contribution in [0, 0.1) is 0 Å². The van der Waals surface area contributed by atoms with Crippen LogP contribution >= 0.6 is 11.3 Å². The van der Waals surface area contributed by atoms with E-state index in [9.17, 15) is 9.90 Å². The molecular weight excluding hydrogens is 238 g/mol. The summed E-state index contributed by atoms with van der Waals surface area (Å²) in [6.07, 6.45) is 0. The van der Waals surface area contributed by atoms with Crippen molar-refractivity contribution in [2.75, 3.05) is 12.4 Å². The van der Waals surface area contributed by atoms with Crippen LogP contribution in [0.15, 0.2) is 35.7 Å². The third-order valence-electron chi connectivity index (χ3n) is 2.14. The third kappa shape index (κ3) is 2.76. The molecule has 1 amide bonds. The summed E-state index contributed by atoms with van der Waals surface area (Å²) in [5.41, 5.74) is 0.558. The molecule has 5 heteroatoms. The Morgan fingerprint density at radius 3 is 2.88 bits per heavy atom. The predicted molar refractivity (Wildman–Crippen MR) is 66.9 cm³/mol. The van der Waals surface area contributed by atoms with Gasteiger partial charge in [0.2, 0.25) is 0 Å². The van der Waals surface area contributed by atoms with Gasteiger partial charge in [-0.25, -0.2) is 0 Å². The maximum Gasteiger partial charge on any atom is 0.265 e. The molecule has 2 rings (SSSR count). The van der Waals surface area contributed by atoms with E-state index in [0.29, 0.717) is 16.3 Å². The first-order valence-corrected chi connectivity index (χ1v) is 5.80. The fourth-order valence-electron chi connectivity index (χ4n) is 1.32. The van der Waals surface area contributed by atoms with Crippen molar-refractivity contribution in [1.29, 1.82) is 0 Å². The summed E-state index contributed by atoms with van der Waals surface area (Å²) in [5, 5.41) is 13.7. The fourth-order valence-corrected chi connectivity index (χ4v) is 2.07. The summed E-state index contributed by atoms with van der Waals surface area (Å²) in [6.45, 7) is 0.